The Morgan fingerprint density at radius 2 is 1.95 bits per heavy atom. The minimum atomic E-state index is 0.157. The summed E-state index contributed by atoms with van der Waals surface area (Å²) in [6, 6.07) is 15.0. The second kappa shape index (κ2) is 5.11. The molecule has 3 rings (SSSR count). The summed E-state index contributed by atoms with van der Waals surface area (Å²) in [7, 11) is 1.99. The third-order valence-electron chi connectivity index (χ3n) is 3.31. The Kier molecular flexibility index (Phi) is 3.32. The molecule has 0 saturated carbocycles. The number of nitrogens with one attached hydrogen (secondary N) is 1. The molecule has 0 aliphatic heterocycles. The molecule has 3 aromatic rings. The van der Waals surface area contributed by atoms with Gasteiger partial charge in [0.05, 0.1) is 11.7 Å². The predicted octanol–water partition coefficient (Wildman–Crippen LogP) is 3.91. The Balaban J connectivity index is 2.16. The topological polar surface area (TPSA) is 24.9 Å². The second-order valence-electron chi connectivity index (χ2n) is 4.59. The van der Waals surface area contributed by atoms with Crippen LogP contribution in [0.4, 0.5) is 0 Å². The fourth-order valence-electron chi connectivity index (χ4n) is 2.40. The highest BCUT2D eigenvalue weighted by molar-refractivity contribution is 7.12. The van der Waals surface area contributed by atoms with Crippen LogP contribution in [0.25, 0.3) is 10.8 Å². The van der Waals surface area contributed by atoms with Gasteiger partial charge in [-0.05, 0) is 37.6 Å². The molecule has 2 aromatic heterocycles. The van der Waals surface area contributed by atoms with Crippen molar-refractivity contribution in [2.24, 2.45) is 0 Å². The standard InChI is InChI=1S/C16H16N2S/c1-11-7-8-14(19-11)16(17-2)15-13-6-4-3-5-12(13)9-10-18-15/h3-10,16-17H,1-2H3. The molecule has 2 nitrogen and oxygen atoms in total. The Morgan fingerprint density at radius 1 is 1.11 bits per heavy atom. The van der Waals surface area contributed by atoms with Gasteiger partial charge in [0.15, 0.2) is 0 Å². The molecule has 0 aliphatic carbocycles. The van der Waals surface area contributed by atoms with E-state index in [1.165, 1.54) is 20.5 Å². The van der Waals surface area contributed by atoms with E-state index in [0.29, 0.717) is 0 Å². The molecule has 0 bridgehead atoms. The van der Waals surface area contributed by atoms with Crippen molar-refractivity contribution in [3.05, 3.63) is 64.1 Å². The number of hydrogen-bond acceptors (Lipinski definition) is 3. The number of fused-ring (bicyclic) bond motifs is 1. The van der Waals surface area contributed by atoms with Crippen molar-refractivity contribution in [1.82, 2.24) is 10.3 Å². The molecule has 0 aliphatic rings. The molecule has 96 valence electrons. The van der Waals surface area contributed by atoms with Crippen LogP contribution in [0.1, 0.15) is 21.5 Å². The fraction of sp³-hybridized carbons (Fsp3) is 0.188. The Labute approximate surface area is 117 Å². The lowest BCUT2D eigenvalue weighted by Crippen LogP contribution is -2.18. The van der Waals surface area contributed by atoms with Crippen molar-refractivity contribution < 1.29 is 0 Å². The minimum absolute atomic E-state index is 0.157. The smallest absolute Gasteiger partial charge is 0.0849 e. The van der Waals surface area contributed by atoms with E-state index in [0.717, 1.165) is 5.69 Å². The van der Waals surface area contributed by atoms with Gasteiger partial charge in [0.2, 0.25) is 0 Å². The molecule has 2 heterocycles. The van der Waals surface area contributed by atoms with Crippen LogP contribution in [0, 0.1) is 6.92 Å². The van der Waals surface area contributed by atoms with E-state index in [4.69, 9.17) is 0 Å². The summed E-state index contributed by atoms with van der Waals surface area (Å²) in [6.07, 6.45) is 1.89. The summed E-state index contributed by atoms with van der Waals surface area (Å²) in [4.78, 5) is 7.25. The van der Waals surface area contributed by atoms with Crippen LogP contribution in [0.5, 0.6) is 0 Å². The highest BCUT2D eigenvalue weighted by Gasteiger charge is 2.17. The van der Waals surface area contributed by atoms with E-state index < -0.39 is 0 Å². The van der Waals surface area contributed by atoms with Crippen LogP contribution in [-0.4, -0.2) is 12.0 Å². The van der Waals surface area contributed by atoms with Gasteiger partial charge in [0, 0.05) is 21.3 Å². The lowest BCUT2D eigenvalue weighted by molar-refractivity contribution is 0.689. The molecular formula is C16H16N2S. The summed E-state index contributed by atoms with van der Waals surface area (Å²) >= 11 is 1.82. The number of aryl methyl sites for hydroxylation is 1. The molecular weight excluding hydrogens is 252 g/mol. The van der Waals surface area contributed by atoms with Gasteiger partial charge in [-0.15, -0.1) is 11.3 Å². The highest BCUT2D eigenvalue weighted by Crippen LogP contribution is 2.30. The third-order valence-corrected chi connectivity index (χ3v) is 4.38. The molecule has 3 heteroatoms. The normalized spacial score (nSPS) is 12.7. The van der Waals surface area contributed by atoms with Crippen LogP contribution in [0.3, 0.4) is 0 Å². The molecule has 0 spiro atoms. The van der Waals surface area contributed by atoms with Gasteiger partial charge >= 0.3 is 0 Å². The highest BCUT2D eigenvalue weighted by atomic mass is 32.1. The van der Waals surface area contributed by atoms with E-state index in [1.54, 1.807) is 0 Å². The molecule has 1 unspecified atom stereocenters. The van der Waals surface area contributed by atoms with Crippen LogP contribution >= 0.6 is 11.3 Å². The van der Waals surface area contributed by atoms with E-state index in [1.807, 2.05) is 24.6 Å². The second-order valence-corrected chi connectivity index (χ2v) is 5.91. The number of rotatable bonds is 3. The lowest BCUT2D eigenvalue weighted by atomic mass is 10.0. The van der Waals surface area contributed by atoms with Crippen LogP contribution in [0.2, 0.25) is 0 Å². The number of thiophene rings is 1. The Bertz CT molecular complexity index is 697. The average Bonchev–Trinajstić information content (AvgIpc) is 2.86. The minimum Gasteiger partial charge on any atom is -0.307 e. The lowest BCUT2D eigenvalue weighted by Gasteiger charge is -2.16. The number of nitrogens with zero attached hydrogens (tertiary/aromatic N) is 1. The molecule has 1 N–H and O–H groups in total. The first-order chi connectivity index (χ1) is 9.29. The van der Waals surface area contributed by atoms with Crippen molar-refractivity contribution in [3.8, 4) is 0 Å². The van der Waals surface area contributed by atoms with E-state index >= 15 is 0 Å². The van der Waals surface area contributed by atoms with Gasteiger partial charge in [0.25, 0.3) is 0 Å². The summed E-state index contributed by atoms with van der Waals surface area (Å²) < 4.78 is 0. The first kappa shape index (κ1) is 12.3. The maximum absolute atomic E-state index is 4.61. The largest absolute Gasteiger partial charge is 0.307 e. The quantitative estimate of drug-likeness (QED) is 0.779. The molecule has 19 heavy (non-hydrogen) atoms. The summed E-state index contributed by atoms with van der Waals surface area (Å²) in [5.41, 5.74) is 1.10. The maximum Gasteiger partial charge on any atom is 0.0849 e. The first-order valence-electron chi connectivity index (χ1n) is 6.37. The van der Waals surface area contributed by atoms with E-state index in [-0.39, 0.29) is 6.04 Å². The Morgan fingerprint density at radius 3 is 2.68 bits per heavy atom. The molecule has 0 saturated heterocycles. The van der Waals surface area contributed by atoms with Gasteiger partial charge in [-0.2, -0.15) is 0 Å². The van der Waals surface area contributed by atoms with Crippen molar-refractivity contribution in [2.75, 3.05) is 7.05 Å². The number of benzene rings is 1. The molecule has 1 atom stereocenters. The van der Waals surface area contributed by atoms with E-state index in [9.17, 15) is 0 Å². The van der Waals surface area contributed by atoms with Gasteiger partial charge < -0.3 is 5.32 Å². The summed E-state index contributed by atoms with van der Waals surface area (Å²) in [6.45, 7) is 2.14. The fourth-order valence-corrected chi connectivity index (χ4v) is 3.39. The zero-order valence-corrected chi connectivity index (χ0v) is 11.9. The average molecular weight is 268 g/mol. The van der Waals surface area contributed by atoms with Crippen LogP contribution < -0.4 is 5.32 Å². The van der Waals surface area contributed by atoms with Crippen molar-refractivity contribution in [1.29, 1.82) is 0 Å². The zero-order chi connectivity index (χ0) is 13.2. The van der Waals surface area contributed by atoms with E-state index in [2.05, 4.69) is 59.7 Å². The molecule has 1 aromatic carbocycles. The molecule has 0 fully saturated rings. The third kappa shape index (κ3) is 2.27. The predicted molar refractivity (Wildman–Crippen MR) is 81.7 cm³/mol. The molecule has 0 amide bonds. The van der Waals surface area contributed by atoms with Crippen LogP contribution in [-0.2, 0) is 0 Å². The van der Waals surface area contributed by atoms with Crippen molar-refractivity contribution in [2.45, 2.75) is 13.0 Å². The van der Waals surface area contributed by atoms with Gasteiger partial charge in [-0.3, -0.25) is 4.98 Å². The van der Waals surface area contributed by atoms with Crippen molar-refractivity contribution in [3.63, 3.8) is 0 Å². The molecule has 0 radical (unpaired) electrons. The van der Waals surface area contributed by atoms with Crippen LogP contribution in [0.15, 0.2) is 48.7 Å². The van der Waals surface area contributed by atoms with Gasteiger partial charge in [-0.1, -0.05) is 24.3 Å². The number of aromatic nitrogens is 1. The maximum atomic E-state index is 4.61. The first-order valence-corrected chi connectivity index (χ1v) is 7.18. The summed E-state index contributed by atoms with van der Waals surface area (Å²) in [5, 5.41) is 5.84. The van der Waals surface area contributed by atoms with Crippen molar-refractivity contribution >= 4 is 22.1 Å². The number of hydrogen-bond donors (Lipinski definition) is 1. The van der Waals surface area contributed by atoms with Gasteiger partial charge in [-0.25, -0.2) is 0 Å². The SMILES string of the molecule is CNC(c1ccc(C)s1)c1nccc2ccccc12. The van der Waals surface area contributed by atoms with Gasteiger partial charge in [0.1, 0.15) is 0 Å². The monoisotopic (exact) mass is 268 g/mol. The zero-order valence-electron chi connectivity index (χ0n) is 11.1. The Hall–Kier alpha value is -1.71. The number of pyridine rings is 1. The summed E-state index contributed by atoms with van der Waals surface area (Å²) in [5.74, 6) is 0.